The first kappa shape index (κ1) is 41.2. The first-order valence-corrected chi connectivity index (χ1v) is 24.5. The highest BCUT2D eigenvalue weighted by Crippen LogP contribution is 2.64. The molecule has 0 saturated carbocycles. The van der Waals surface area contributed by atoms with Crippen LogP contribution in [0, 0.1) is 20.8 Å². The van der Waals surface area contributed by atoms with E-state index in [1.165, 1.54) is 133 Å². The highest BCUT2D eigenvalue weighted by Gasteiger charge is 2.52. The number of para-hydroxylation sites is 2. The number of rotatable bonds is 4. The van der Waals surface area contributed by atoms with Crippen molar-refractivity contribution in [3.63, 3.8) is 0 Å². The monoisotopic (exact) mass is 883 g/mol. The third kappa shape index (κ3) is 6.16. The predicted molar refractivity (Wildman–Crippen MR) is 290 cm³/mol. The lowest BCUT2D eigenvalue weighted by Crippen LogP contribution is -2.27. The van der Waals surface area contributed by atoms with Gasteiger partial charge in [0.1, 0.15) is 0 Å². The third-order valence-electron chi connectivity index (χ3n) is 15.7. The van der Waals surface area contributed by atoms with E-state index in [1.54, 1.807) is 0 Å². The molecule has 14 rings (SSSR count). The minimum atomic E-state index is -0.344. The molecule has 1 nitrogen and oxygen atoms in total. The van der Waals surface area contributed by atoms with Crippen LogP contribution in [0.5, 0.6) is 0 Å². The number of fused-ring (bicyclic) bond motifs is 16. The fraction of sp³-hybridized carbons (Fsp3) is 0.118. The Balaban J connectivity index is 0.000000247. The zero-order chi connectivity index (χ0) is 46.6. The maximum atomic E-state index is 2.45. The first-order valence-electron chi connectivity index (χ1n) is 24.5. The first-order chi connectivity index (χ1) is 33.7. The lowest BCUT2D eigenvalue weighted by molar-refractivity contribution is 0.660. The molecule has 69 heavy (non-hydrogen) atoms. The summed E-state index contributed by atoms with van der Waals surface area (Å²) in [7, 11) is 0. The molecule has 1 heteroatoms. The van der Waals surface area contributed by atoms with Crippen molar-refractivity contribution in [3.8, 4) is 50.2 Å². The van der Waals surface area contributed by atoms with E-state index >= 15 is 0 Å². The van der Waals surface area contributed by atoms with Gasteiger partial charge in [-0.1, -0.05) is 225 Å². The van der Waals surface area contributed by atoms with Crippen molar-refractivity contribution in [3.05, 3.63) is 280 Å². The highest BCUT2D eigenvalue weighted by atomic mass is 15.0. The Kier molecular flexibility index (Phi) is 9.27. The van der Waals surface area contributed by atoms with E-state index in [0.717, 1.165) is 6.42 Å². The molecule has 0 fully saturated rings. The number of nitrogens with zero attached hydrogens (tertiary/aromatic N) is 1. The summed E-state index contributed by atoms with van der Waals surface area (Å²) in [5.74, 6) is 0. The second-order valence-electron chi connectivity index (χ2n) is 20.2. The van der Waals surface area contributed by atoms with Gasteiger partial charge in [-0.05, 0) is 140 Å². The fourth-order valence-electron chi connectivity index (χ4n) is 12.6. The van der Waals surface area contributed by atoms with E-state index in [4.69, 9.17) is 0 Å². The molecule has 330 valence electrons. The molecule has 0 saturated heterocycles. The van der Waals surface area contributed by atoms with Crippen LogP contribution >= 0.6 is 0 Å². The van der Waals surface area contributed by atoms with E-state index in [0.29, 0.717) is 0 Å². The van der Waals surface area contributed by atoms with Gasteiger partial charge in [0.2, 0.25) is 0 Å². The Hall–Kier alpha value is -8.00. The molecule has 1 aromatic heterocycles. The predicted octanol–water partition coefficient (Wildman–Crippen LogP) is 17.3. The normalized spacial score (nSPS) is 13.9. The van der Waals surface area contributed by atoms with Gasteiger partial charge in [-0.25, -0.2) is 0 Å². The number of aromatic nitrogens is 1. The minimum Gasteiger partial charge on any atom is -0.309 e. The Bertz CT molecular complexity index is 3750. The summed E-state index contributed by atoms with van der Waals surface area (Å²) in [4.78, 5) is 0. The topological polar surface area (TPSA) is 4.93 Å². The highest BCUT2D eigenvalue weighted by molar-refractivity contribution is 6.09. The van der Waals surface area contributed by atoms with Gasteiger partial charge in [-0.2, -0.15) is 0 Å². The van der Waals surface area contributed by atoms with Crippen LogP contribution in [-0.2, 0) is 17.3 Å². The maximum absolute atomic E-state index is 2.45. The van der Waals surface area contributed by atoms with Crippen LogP contribution in [0.15, 0.2) is 218 Å². The van der Waals surface area contributed by atoms with Crippen LogP contribution in [0.25, 0.3) is 72.0 Å². The molecular weight excluding hydrogens is 831 g/mol. The summed E-state index contributed by atoms with van der Waals surface area (Å²) in [6.45, 7) is 11.3. The lowest BCUT2D eigenvalue weighted by atomic mass is 9.68. The van der Waals surface area contributed by atoms with Gasteiger partial charge >= 0.3 is 0 Å². The quantitative estimate of drug-likeness (QED) is 0.166. The van der Waals surface area contributed by atoms with Crippen molar-refractivity contribution in [2.75, 3.05) is 0 Å². The number of aryl methyl sites for hydroxylation is 3. The Labute approximate surface area is 406 Å². The summed E-state index contributed by atoms with van der Waals surface area (Å²) >= 11 is 0. The van der Waals surface area contributed by atoms with Crippen LogP contribution in [0.1, 0.15) is 75.0 Å². The van der Waals surface area contributed by atoms with E-state index in [-0.39, 0.29) is 10.8 Å². The van der Waals surface area contributed by atoms with E-state index in [2.05, 4.69) is 258 Å². The molecule has 0 radical (unpaired) electrons. The Morgan fingerprint density at radius 1 is 0.362 bits per heavy atom. The number of hydrogen-bond donors (Lipinski definition) is 0. The molecule has 0 atom stereocenters. The van der Waals surface area contributed by atoms with Crippen molar-refractivity contribution < 1.29 is 0 Å². The number of benzene rings is 10. The van der Waals surface area contributed by atoms with Gasteiger partial charge in [0.15, 0.2) is 0 Å². The standard InChI is InChI=1S/C52H37N.C16H16/c1-33-18-28-41-42-29-19-34(2)31-48(42)52(47(41)30-33)46-15-6-3-11-40(46)45-14-9-10-38(51(45)52)32-35-20-22-36(23-21-35)37-24-26-39(27-25-37)53-49-16-7-4-12-43(49)44-13-5-8-17-50(44)53;1-11-8-9-13-12-6-4-5-7-14(12)16(2,3)15(13)10-11/h3-31H,32H2,1-2H3;4-10H,1-3H3. The summed E-state index contributed by atoms with van der Waals surface area (Å²) in [6.07, 6.45) is 0.869. The van der Waals surface area contributed by atoms with Crippen molar-refractivity contribution >= 4 is 21.8 Å². The summed E-state index contributed by atoms with van der Waals surface area (Å²) in [6, 6.07) is 81.5. The van der Waals surface area contributed by atoms with Crippen molar-refractivity contribution in [1.29, 1.82) is 0 Å². The Morgan fingerprint density at radius 3 is 1.41 bits per heavy atom. The molecule has 0 aliphatic heterocycles. The van der Waals surface area contributed by atoms with Gasteiger partial charge in [0.25, 0.3) is 0 Å². The van der Waals surface area contributed by atoms with Crippen LogP contribution in [0.3, 0.4) is 0 Å². The van der Waals surface area contributed by atoms with Crippen LogP contribution in [0.4, 0.5) is 0 Å². The largest absolute Gasteiger partial charge is 0.309 e. The second-order valence-corrected chi connectivity index (χ2v) is 20.2. The van der Waals surface area contributed by atoms with Crippen molar-refractivity contribution in [2.24, 2.45) is 0 Å². The molecule has 1 heterocycles. The molecule has 3 aliphatic rings. The Morgan fingerprint density at radius 2 is 0.812 bits per heavy atom. The molecule has 1 spiro atoms. The molecule has 3 aliphatic carbocycles. The molecular formula is C68H53N. The second kappa shape index (κ2) is 15.5. The molecule has 11 aromatic rings. The zero-order valence-electron chi connectivity index (χ0n) is 39.9. The van der Waals surface area contributed by atoms with Gasteiger partial charge in [-0.3, -0.25) is 0 Å². The van der Waals surface area contributed by atoms with Crippen molar-refractivity contribution in [2.45, 2.75) is 51.9 Å². The average molecular weight is 884 g/mol. The molecule has 0 unspecified atom stereocenters. The SMILES string of the molecule is Cc1ccc2c(c1)C(C)(C)c1ccccc1-2.Cc1ccc2c(c1)C1(c3cc(C)ccc3-2)c2ccccc2-c2cccc(Cc3ccc(-c4ccc(-n5c6ccccc6c6ccccc65)cc4)cc3)c21. The fourth-order valence-corrected chi connectivity index (χ4v) is 12.6. The molecule has 0 N–H and O–H groups in total. The van der Waals surface area contributed by atoms with E-state index in [1.807, 2.05) is 0 Å². The van der Waals surface area contributed by atoms with E-state index < -0.39 is 0 Å². The average Bonchev–Trinajstić information content (AvgIpc) is 4.04. The molecule has 0 bridgehead atoms. The van der Waals surface area contributed by atoms with Crippen LogP contribution in [-0.4, -0.2) is 4.57 Å². The van der Waals surface area contributed by atoms with Crippen LogP contribution in [0.2, 0.25) is 0 Å². The summed E-state index contributed by atoms with van der Waals surface area (Å²) < 4.78 is 2.38. The molecule has 0 amide bonds. The van der Waals surface area contributed by atoms with Crippen molar-refractivity contribution in [1.82, 2.24) is 4.57 Å². The third-order valence-corrected chi connectivity index (χ3v) is 15.7. The minimum absolute atomic E-state index is 0.151. The summed E-state index contributed by atoms with van der Waals surface area (Å²) in [5.41, 5.74) is 29.4. The molecule has 10 aromatic carbocycles. The van der Waals surface area contributed by atoms with Gasteiger partial charge in [-0.15, -0.1) is 0 Å². The lowest BCUT2D eigenvalue weighted by Gasteiger charge is -2.32. The summed E-state index contributed by atoms with van der Waals surface area (Å²) in [5, 5.41) is 2.57. The maximum Gasteiger partial charge on any atom is 0.0728 e. The van der Waals surface area contributed by atoms with Gasteiger partial charge in [0, 0.05) is 21.9 Å². The van der Waals surface area contributed by atoms with Gasteiger partial charge in [0.05, 0.1) is 16.4 Å². The van der Waals surface area contributed by atoms with Gasteiger partial charge < -0.3 is 4.57 Å². The van der Waals surface area contributed by atoms with Crippen LogP contribution < -0.4 is 0 Å². The smallest absolute Gasteiger partial charge is 0.0728 e. The van der Waals surface area contributed by atoms with E-state index in [9.17, 15) is 0 Å². The zero-order valence-corrected chi connectivity index (χ0v) is 39.9. The number of hydrogen-bond acceptors (Lipinski definition) is 0.